The highest BCUT2D eigenvalue weighted by atomic mass is 32.1. The van der Waals surface area contributed by atoms with Crippen LogP contribution in [0.4, 0.5) is 11.4 Å². The monoisotopic (exact) mass is 332 g/mol. The van der Waals surface area contributed by atoms with Crippen LogP contribution in [0.25, 0.3) is 20.8 Å². The molecule has 2 aromatic carbocycles. The van der Waals surface area contributed by atoms with E-state index in [0.717, 1.165) is 33.0 Å². The van der Waals surface area contributed by atoms with Crippen molar-refractivity contribution in [2.45, 2.75) is 6.92 Å². The van der Waals surface area contributed by atoms with E-state index in [1.807, 2.05) is 72.5 Å². The van der Waals surface area contributed by atoms with Crippen LogP contribution in [0.1, 0.15) is 6.92 Å². The van der Waals surface area contributed by atoms with Crippen molar-refractivity contribution in [1.29, 1.82) is 0 Å². The summed E-state index contributed by atoms with van der Waals surface area (Å²) in [4.78, 5) is 20.4. The van der Waals surface area contributed by atoms with E-state index in [2.05, 4.69) is 0 Å². The molecule has 4 rings (SSSR count). The molecule has 2 aliphatic rings. The molecular weight excluding hydrogens is 316 g/mol. The first kappa shape index (κ1) is 14.8. The minimum absolute atomic E-state index is 0.0292. The van der Waals surface area contributed by atoms with Crippen molar-refractivity contribution in [3.8, 4) is 10.6 Å². The van der Waals surface area contributed by atoms with Gasteiger partial charge in [0, 0.05) is 18.3 Å². The molecule has 0 radical (unpaired) electrons. The molecule has 0 saturated heterocycles. The van der Waals surface area contributed by atoms with Gasteiger partial charge in [0.05, 0.1) is 26.5 Å². The number of fused-ring (bicyclic) bond motifs is 2. The summed E-state index contributed by atoms with van der Waals surface area (Å²) in [7, 11) is 0. The van der Waals surface area contributed by atoms with Crippen molar-refractivity contribution in [3.63, 3.8) is 0 Å². The van der Waals surface area contributed by atoms with Crippen LogP contribution in [-0.4, -0.2) is 11.5 Å². The van der Waals surface area contributed by atoms with Crippen molar-refractivity contribution in [2.75, 3.05) is 11.4 Å². The van der Waals surface area contributed by atoms with Crippen LogP contribution >= 0.6 is 11.3 Å². The first-order valence-electron chi connectivity index (χ1n) is 7.92. The highest BCUT2D eigenvalue weighted by Gasteiger charge is 2.16. The number of rotatable bonds is 3. The molecule has 0 fully saturated rings. The van der Waals surface area contributed by atoms with Crippen LogP contribution in [0.3, 0.4) is 0 Å². The van der Waals surface area contributed by atoms with Gasteiger partial charge in [0.2, 0.25) is 5.43 Å². The van der Waals surface area contributed by atoms with Gasteiger partial charge in [0.25, 0.3) is 0 Å². The van der Waals surface area contributed by atoms with Gasteiger partial charge < -0.3 is 4.90 Å². The normalized spacial score (nSPS) is 11.0. The minimum atomic E-state index is 0.0292. The summed E-state index contributed by atoms with van der Waals surface area (Å²) in [5.74, 6) is 0. The third kappa shape index (κ3) is 2.55. The van der Waals surface area contributed by atoms with Crippen LogP contribution < -0.4 is 10.3 Å². The summed E-state index contributed by atoms with van der Waals surface area (Å²) < 4.78 is 1.09. The average Bonchev–Trinajstić information content (AvgIpc) is 2.62. The predicted octanol–water partition coefficient (Wildman–Crippen LogP) is 4.92. The van der Waals surface area contributed by atoms with Crippen molar-refractivity contribution in [2.24, 2.45) is 0 Å². The summed E-state index contributed by atoms with van der Waals surface area (Å²) in [6, 6.07) is 21.6. The fraction of sp³-hybridized carbons (Fsp3) is 0.100. The highest BCUT2D eigenvalue weighted by molar-refractivity contribution is 7.21. The number of para-hydroxylation sites is 2. The smallest absolute Gasteiger partial charge is 0.203 e. The second kappa shape index (κ2) is 6.06. The lowest BCUT2D eigenvalue weighted by Crippen LogP contribution is -2.22. The van der Waals surface area contributed by atoms with Crippen LogP contribution in [0.15, 0.2) is 71.5 Å². The molecule has 118 valence electrons. The fourth-order valence-electron chi connectivity index (χ4n) is 2.90. The minimum Gasteiger partial charge on any atom is -0.339 e. The Hall–Kier alpha value is -2.72. The number of hydrogen-bond acceptors (Lipinski definition) is 4. The van der Waals surface area contributed by atoms with Crippen molar-refractivity contribution in [1.82, 2.24) is 4.98 Å². The molecule has 0 atom stereocenters. The van der Waals surface area contributed by atoms with Gasteiger partial charge in [-0.15, -0.1) is 11.3 Å². The molecule has 1 aliphatic heterocycles. The summed E-state index contributed by atoms with van der Waals surface area (Å²) in [5, 5.41) is 0. The first-order valence-corrected chi connectivity index (χ1v) is 8.74. The summed E-state index contributed by atoms with van der Waals surface area (Å²) in [6.07, 6.45) is 0. The third-order valence-electron chi connectivity index (χ3n) is 4.04. The van der Waals surface area contributed by atoms with Crippen LogP contribution in [0.5, 0.6) is 0 Å². The van der Waals surface area contributed by atoms with Gasteiger partial charge in [0.15, 0.2) is 0 Å². The molecule has 1 aliphatic carbocycles. The van der Waals surface area contributed by atoms with Gasteiger partial charge in [0.1, 0.15) is 0 Å². The van der Waals surface area contributed by atoms with Gasteiger partial charge in [-0.05, 0) is 37.3 Å². The number of nitrogens with zero attached hydrogens (tertiary/aromatic N) is 2. The van der Waals surface area contributed by atoms with Crippen LogP contribution in [0.2, 0.25) is 0 Å². The lowest BCUT2D eigenvalue weighted by molar-refractivity contribution is 1.02. The Bertz CT molecular complexity index is 1030. The molecule has 3 nitrogen and oxygen atoms in total. The molecule has 0 bridgehead atoms. The van der Waals surface area contributed by atoms with Crippen LogP contribution in [0, 0.1) is 0 Å². The zero-order valence-electron chi connectivity index (χ0n) is 13.3. The van der Waals surface area contributed by atoms with E-state index in [9.17, 15) is 4.79 Å². The fourth-order valence-corrected chi connectivity index (χ4v) is 3.88. The standard InChI is InChI=1S/C20H16N2OS/c1-2-22(14-8-4-3-5-9-14)17-12-16-20(13-18(17)23)24-19-11-7-6-10-15(19)21-16/h3-13H,2H2,1H3. The summed E-state index contributed by atoms with van der Waals surface area (Å²) in [6.45, 7) is 2.77. The number of hydrogen-bond donors (Lipinski definition) is 0. The molecule has 0 saturated carbocycles. The Kier molecular flexibility index (Phi) is 3.75. The zero-order chi connectivity index (χ0) is 16.5. The maximum atomic E-state index is 12.7. The maximum absolute atomic E-state index is 12.7. The van der Waals surface area contributed by atoms with Crippen LogP contribution in [-0.2, 0) is 0 Å². The molecule has 1 heterocycles. The Labute approximate surface area is 144 Å². The summed E-state index contributed by atoms with van der Waals surface area (Å²) in [5.41, 5.74) is 3.54. The summed E-state index contributed by atoms with van der Waals surface area (Å²) >= 11 is 1.61. The third-order valence-corrected chi connectivity index (χ3v) is 5.15. The molecule has 0 amide bonds. The Morgan fingerprint density at radius 1 is 1.00 bits per heavy atom. The van der Waals surface area contributed by atoms with E-state index in [-0.39, 0.29) is 5.43 Å². The zero-order valence-corrected chi connectivity index (χ0v) is 14.1. The Morgan fingerprint density at radius 3 is 2.54 bits per heavy atom. The SMILES string of the molecule is CCN(c1ccccc1)c1cc2nc3ccccc3sc-2cc1=O. The molecule has 2 aromatic rings. The van der Waals surface area contributed by atoms with E-state index in [1.54, 1.807) is 17.4 Å². The lowest BCUT2D eigenvalue weighted by Gasteiger charge is -2.23. The number of aromatic nitrogens is 1. The van der Waals surface area contributed by atoms with E-state index in [1.165, 1.54) is 0 Å². The molecule has 4 heteroatoms. The topological polar surface area (TPSA) is 33.2 Å². The van der Waals surface area contributed by atoms with E-state index in [0.29, 0.717) is 5.69 Å². The van der Waals surface area contributed by atoms with Gasteiger partial charge >= 0.3 is 0 Å². The van der Waals surface area contributed by atoms with Gasteiger partial charge in [-0.3, -0.25) is 4.79 Å². The van der Waals surface area contributed by atoms with Gasteiger partial charge in [-0.2, -0.15) is 0 Å². The van der Waals surface area contributed by atoms with E-state index < -0.39 is 0 Å². The lowest BCUT2D eigenvalue weighted by atomic mass is 10.2. The Balaban J connectivity index is 1.93. The quantitative estimate of drug-likeness (QED) is 0.499. The van der Waals surface area contributed by atoms with Crippen molar-refractivity contribution >= 4 is 32.9 Å². The van der Waals surface area contributed by atoms with Crippen molar-refractivity contribution < 1.29 is 0 Å². The molecular formula is C20H16N2OS. The van der Waals surface area contributed by atoms with E-state index >= 15 is 0 Å². The molecule has 24 heavy (non-hydrogen) atoms. The molecule has 0 N–H and O–H groups in total. The predicted molar refractivity (Wildman–Crippen MR) is 102 cm³/mol. The average molecular weight is 332 g/mol. The molecule has 0 spiro atoms. The van der Waals surface area contributed by atoms with Gasteiger partial charge in [-0.1, -0.05) is 30.3 Å². The Morgan fingerprint density at radius 2 is 1.75 bits per heavy atom. The second-order valence-electron chi connectivity index (χ2n) is 5.55. The number of benzene rings is 3. The first-order chi connectivity index (χ1) is 11.8. The highest BCUT2D eigenvalue weighted by Crippen LogP contribution is 2.32. The largest absolute Gasteiger partial charge is 0.339 e. The molecule has 0 aromatic heterocycles. The van der Waals surface area contributed by atoms with Crippen molar-refractivity contribution in [3.05, 3.63) is 77.0 Å². The molecule has 0 unspecified atom stereocenters. The van der Waals surface area contributed by atoms with Gasteiger partial charge in [-0.25, -0.2) is 4.98 Å². The van der Waals surface area contributed by atoms with E-state index in [4.69, 9.17) is 4.98 Å². The number of anilines is 2. The maximum Gasteiger partial charge on any atom is 0.203 e. The second-order valence-corrected chi connectivity index (χ2v) is 6.63.